The first-order valence-electron chi connectivity index (χ1n) is 7.11. The molecule has 0 aliphatic heterocycles. The van der Waals surface area contributed by atoms with Gasteiger partial charge in [-0.05, 0) is 61.4 Å². The maximum absolute atomic E-state index is 12.8. The van der Waals surface area contributed by atoms with E-state index in [4.69, 9.17) is 0 Å². The lowest BCUT2D eigenvalue weighted by Crippen LogP contribution is -2.35. The molecule has 2 rings (SSSR count). The van der Waals surface area contributed by atoms with E-state index in [0.717, 1.165) is 11.1 Å². The summed E-state index contributed by atoms with van der Waals surface area (Å²) in [7, 11) is 0. The van der Waals surface area contributed by atoms with Crippen molar-refractivity contribution in [3.8, 4) is 0 Å². The van der Waals surface area contributed by atoms with E-state index in [-0.39, 0.29) is 12.4 Å². The first kappa shape index (κ1) is 16.5. The van der Waals surface area contributed by atoms with Crippen LogP contribution in [0.15, 0.2) is 42.5 Å². The van der Waals surface area contributed by atoms with Gasteiger partial charge in [-0.15, -0.1) is 0 Å². The summed E-state index contributed by atoms with van der Waals surface area (Å²) in [6, 6.07) is 10.6. The van der Waals surface area contributed by atoms with Gasteiger partial charge in [0.2, 0.25) is 5.91 Å². The van der Waals surface area contributed by atoms with Crippen LogP contribution in [0.3, 0.4) is 0 Å². The van der Waals surface area contributed by atoms with Crippen LogP contribution in [0.25, 0.3) is 0 Å². The highest BCUT2D eigenvalue weighted by Crippen LogP contribution is 2.13. The lowest BCUT2D eigenvalue weighted by atomic mass is 10.1. The third kappa shape index (κ3) is 5.43. The molecule has 0 spiro atoms. The molecule has 0 saturated carbocycles. The maximum Gasteiger partial charge on any atom is 0.319 e. The number of rotatable bonds is 4. The van der Waals surface area contributed by atoms with Gasteiger partial charge in [0.25, 0.3) is 0 Å². The first-order chi connectivity index (χ1) is 10.9. The summed E-state index contributed by atoms with van der Waals surface area (Å²) in [6.07, 6.45) is 0. The predicted molar refractivity (Wildman–Crippen MR) is 88.0 cm³/mol. The van der Waals surface area contributed by atoms with E-state index in [0.29, 0.717) is 11.4 Å². The molecule has 0 unspecified atom stereocenters. The molecule has 3 amide bonds. The number of hydrogen-bond acceptors (Lipinski definition) is 2. The molecule has 0 aromatic heterocycles. The zero-order valence-corrected chi connectivity index (χ0v) is 12.9. The van der Waals surface area contributed by atoms with E-state index in [1.807, 2.05) is 32.0 Å². The molecule has 0 saturated heterocycles. The van der Waals surface area contributed by atoms with E-state index >= 15 is 0 Å². The Balaban J connectivity index is 1.81. The summed E-state index contributed by atoms with van der Waals surface area (Å²) in [5, 5.41) is 7.69. The maximum atomic E-state index is 12.8. The van der Waals surface area contributed by atoms with E-state index in [1.165, 1.54) is 24.3 Å². The Kier molecular flexibility index (Phi) is 5.30. The minimum Gasteiger partial charge on any atom is -0.329 e. The van der Waals surface area contributed by atoms with Crippen molar-refractivity contribution < 1.29 is 14.0 Å². The minimum atomic E-state index is -0.468. The Morgan fingerprint density at radius 3 is 2.13 bits per heavy atom. The topological polar surface area (TPSA) is 70.2 Å². The standard InChI is InChI=1S/C17H18FN3O2/c1-11-7-12(2)9-15(8-11)21-17(23)19-10-16(22)20-14-5-3-13(18)4-6-14/h3-9H,10H2,1-2H3,(H,20,22)(H2,19,21,23). The van der Waals surface area contributed by atoms with E-state index < -0.39 is 11.9 Å². The normalized spacial score (nSPS) is 10.0. The fourth-order valence-electron chi connectivity index (χ4n) is 2.12. The fourth-order valence-corrected chi connectivity index (χ4v) is 2.12. The van der Waals surface area contributed by atoms with Gasteiger partial charge in [0.05, 0.1) is 6.54 Å². The summed E-state index contributed by atoms with van der Waals surface area (Å²) < 4.78 is 12.8. The van der Waals surface area contributed by atoms with Crippen LogP contribution < -0.4 is 16.0 Å². The molecule has 3 N–H and O–H groups in total. The first-order valence-corrected chi connectivity index (χ1v) is 7.11. The number of carbonyl (C=O) groups excluding carboxylic acids is 2. The second-order valence-electron chi connectivity index (χ2n) is 5.24. The number of urea groups is 1. The minimum absolute atomic E-state index is 0.187. The number of nitrogens with one attached hydrogen (secondary N) is 3. The summed E-state index contributed by atoms with van der Waals surface area (Å²) >= 11 is 0. The fraction of sp³-hybridized carbons (Fsp3) is 0.176. The zero-order chi connectivity index (χ0) is 16.8. The van der Waals surface area contributed by atoms with Crippen molar-refractivity contribution in [2.24, 2.45) is 0 Å². The zero-order valence-electron chi connectivity index (χ0n) is 12.9. The van der Waals surface area contributed by atoms with Crippen molar-refractivity contribution in [2.75, 3.05) is 17.2 Å². The van der Waals surface area contributed by atoms with E-state index in [2.05, 4.69) is 16.0 Å². The van der Waals surface area contributed by atoms with Crippen molar-refractivity contribution in [1.29, 1.82) is 0 Å². The predicted octanol–water partition coefficient (Wildman–Crippen LogP) is 3.20. The molecule has 0 fully saturated rings. The van der Waals surface area contributed by atoms with Crippen molar-refractivity contribution in [3.63, 3.8) is 0 Å². The third-order valence-corrected chi connectivity index (χ3v) is 3.02. The monoisotopic (exact) mass is 315 g/mol. The Morgan fingerprint density at radius 1 is 0.913 bits per heavy atom. The molecule has 120 valence electrons. The quantitative estimate of drug-likeness (QED) is 0.811. The Hall–Kier alpha value is -2.89. The molecular weight excluding hydrogens is 297 g/mol. The number of benzene rings is 2. The van der Waals surface area contributed by atoms with Crippen molar-refractivity contribution in [3.05, 3.63) is 59.4 Å². The van der Waals surface area contributed by atoms with Gasteiger partial charge in [0.15, 0.2) is 0 Å². The highest BCUT2D eigenvalue weighted by Gasteiger charge is 2.07. The van der Waals surface area contributed by atoms with Gasteiger partial charge >= 0.3 is 6.03 Å². The molecule has 23 heavy (non-hydrogen) atoms. The second kappa shape index (κ2) is 7.40. The SMILES string of the molecule is Cc1cc(C)cc(NC(=O)NCC(=O)Nc2ccc(F)cc2)c1. The van der Waals surface area contributed by atoms with Gasteiger partial charge in [-0.25, -0.2) is 9.18 Å². The number of anilines is 2. The average molecular weight is 315 g/mol. The Labute approximate surface area is 133 Å². The Bertz CT molecular complexity index is 694. The molecule has 0 radical (unpaired) electrons. The van der Waals surface area contributed by atoms with Gasteiger partial charge in [0, 0.05) is 11.4 Å². The molecule has 0 heterocycles. The van der Waals surface area contributed by atoms with Crippen LogP contribution in [0.1, 0.15) is 11.1 Å². The molecule has 6 heteroatoms. The second-order valence-corrected chi connectivity index (χ2v) is 5.24. The summed E-state index contributed by atoms with van der Waals surface area (Å²) in [6.45, 7) is 3.69. The number of aryl methyl sites for hydroxylation is 2. The molecule has 0 aliphatic carbocycles. The van der Waals surface area contributed by atoms with Crippen LogP contribution in [0, 0.1) is 19.7 Å². The van der Waals surface area contributed by atoms with Crippen LogP contribution in [-0.2, 0) is 4.79 Å². The lowest BCUT2D eigenvalue weighted by molar-refractivity contribution is -0.115. The smallest absolute Gasteiger partial charge is 0.319 e. The summed E-state index contributed by atoms with van der Waals surface area (Å²) in [5.74, 6) is -0.777. The van der Waals surface area contributed by atoms with Crippen LogP contribution in [0.2, 0.25) is 0 Å². The number of amides is 3. The van der Waals surface area contributed by atoms with Crippen molar-refractivity contribution in [1.82, 2.24) is 5.32 Å². The number of hydrogen-bond donors (Lipinski definition) is 3. The van der Waals surface area contributed by atoms with Crippen LogP contribution >= 0.6 is 0 Å². The highest BCUT2D eigenvalue weighted by atomic mass is 19.1. The molecule has 5 nitrogen and oxygen atoms in total. The number of halogens is 1. The molecule has 0 atom stereocenters. The third-order valence-electron chi connectivity index (χ3n) is 3.02. The van der Waals surface area contributed by atoms with Crippen LogP contribution in [0.4, 0.5) is 20.6 Å². The van der Waals surface area contributed by atoms with Gasteiger partial charge in [0.1, 0.15) is 5.82 Å². The van der Waals surface area contributed by atoms with Gasteiger partial charge < -0.3 is 16.0 Å². The highest BCUT2D eigenvalue weighted by molar-refractivity contribution is 5.96. The molecule has 0 aliphatic rings. The van der Waals surface area contributed by atoms with Crippen LogP contribution in [-0.4, -0.2) is 18.5 Å². The van der Waals surface area contributed by atoms with Crippen molar-refractivity contribution >= 4 is 23.3 Å². The van der Waals surface area contributed by atoms with E-state index in [9.17, 15) is 14.0 Å². The summed E-state index contributed by atoms with van der Waals surface area (Å²) in [5.41, 5.74) is 3.20. The molecule has 0 bridgehead atoms. The van der Waals surface area contributed by atoms with Gasteiger partial charge in [-0.3, -0.25) is 4.79 Å². The Morgan fingerprint density at radius 2 is 1.52 bits per heavy atom. The number of carbonyl (C=O) groups is 2. The average Bonchev–Trinajstić information content (AvgIpc) is 2.46. The molecular formula is C17H18FN3O2. The molecule has 2 aromatic carbocycles. The van der Waals surface area contributed by atoms with Gasteiger partial charge in [-0.2, -0.15) is 0 Å². The van der Waals surface area contributed by atoms with Crippen molar-refractivity contribution in [2.45, 2.75) is 13.8 Å². The largest absolute Gasteiger partial charge is 0.329 e. The lowest BCUT2D eigenvalue weighted by Gasteiger charge is -2.09. The van der Waals surface area contributed by atoms with E-state index in [1.54, 1.807) is 0 Å². The molecule has 2 aromatic rings. The van der Waals surface area contributed by atoms with Crippen LogP contribution in [0.5, 0.6) is 0 Å². The van der Waals surface area contributed by atoms with Gasteiger partial charge in [-0.1, -0.05) is 6.07 Å². The summed E-state index contributed by atoms with van der Waals surface area (Å²) in [4.78, 5) is 23.5.